The van der Waals surface area contributed by atoms with Crippen LogP contribution in [0.3, 0.4) is 0 Å². The predicted octanol–water partition coefficient (Wildman–Crippen LogP) is 6.21. The molecule has 3 heteroatoms. The Bertz CT molecular complexity index is 416. The topological polar surface area (TPSA) is 46.5 Å². The Balaban J connectivity index is 0. The lowest BCUT2D eigenvalue weighted by Gasteiger charge is -2.39. The van der Waals surface area contributed by atoms with E-state index in [4.69, 9.17) is 9.84 Å². The Morgan fingerprint density at radius 2 is 1.50 bits per heavy atom. The fourth-order valence-corrected chi connectivity index (χ4v) is 1.69. The van der Waals surface area contributed by atoms with Crippen LogP contribution in [-0.2, 0) is 9.53 Å². The molecule has 0 amide bonds. The maximum atomic E-state index is 10.5. The van der Waals surface area contributed by atoms with Gasteiger partial charge in [-0.25, -0.2) is 0 Å². The van der Waals surface area contributed by atoms with Crippen molar-refractivity contribution in [3.05, 3.63) is 30.3 Å². The summed E-state index contributed by atoms with van der Waals surface area (Å²) in [7, 11) is 0. The van der Waals surface area contributed by atoms with Crippen LogP contribution in [0.25, 0.3) is 0 Å². The van der Waals surface area contributed by atoms with Crippen molar-refractivity contribution >= 4 is 5.97 Å². The molecule has 0 aliphatic rings. The van der Waals surface area contributed by atoms with E-state index in [1.54, 1.807) is 24.3 Å². The van der Waals surface area contributed by atoms with Gasteiger partial charge in [0, 0.05) is 6.92 Å². The van der Waals surface area contributed by atoms with Crippen LogP contribution in [0.1, 0.15) is 74.7 Å². The van der Waals surface area contributed by atoms with Gasteiger partial charge in [-0.05, 0) is 42.2 Å². The van der Waals surface area contributed by atoms with E-state index in [0.29, 0.717) is 23.2 Å². The van der Waals surface area contributed by atoms with E-state index in [2.05, 4.69) is 34.6 Å². The monoisotopic (exact) mass is 338 g/mol. The van der Waals surface area contributed by atoms with Crippen LogP contribution in [0.5, 0.6) is 5.75 Å². The molecule has 0 radical (unpaired) electrons. The van der Waals surface area contributed by atoms with Gasteiger partial charge in [-0.15, -0.1) is 0 Å². The van der Waals surface area contributed by atoms with Crippen molar-refractivity contribution in [2.24, 2.45) is 10.8 Å². The molecule has 1 aromatic rings. The largest absolute Gasteiger partial charge is 0.508 e. The number of benzene rings is 1. The standard InChI is InChI=1S/C13H26O2.C6H6O.C2H6/c1-11(14)15-10-8-7-9-13(5,6)12(2,3)4;7-6-4-2-1-3-5-6;1-2/h7-10H2,1-6H3;1-5,7H;1-2H3. The molecule has 0 bridgehead atoms. The summed E-state index contributed by atoms with van der Waals surface area (Å²) in [6.07, 6.45) is 3.27. The number of esters is 1. The number of hydrogen-bond acceptors (Lipinski definition) is 3. The van der Waals surface area contributed by atoms with Crippen molar-refractivity contribution in [2.75, 3.05) is 6.61 Å². The number of ether oxygens (including phenoxy) is 1. The van der Waals surface area contributed by atoms with Crippen LogP contribution in [0.15, 0.2) is 30.3 Å². The summed E-state index contributed by atoms with van der Waals surface area (Å²) in [6, 6.07) is 8.71. The number of carbonyl (C=O) groups is 1. The molecule has 1 aromatic carbocycles. The molecule has 0 atom stereocenters. The van der Waals surface area contributed by atoms with Gasteiger partial charge in [0.15, 0.2) is 0 Å². The van der Waals surface area contributed by atoms with E-state index in [1.165, 1.54) is 13.3 Å². The minimum atomic E-state index is -0.176. The maximum absolute atomic E-state index is 10.5. The van der Waals surface area contributed by atoms with Crippen LogP contribution >= 0.6 is 0 Å². The van der Waals surface area contributed by atoms with Crippen molar-refractivity contribution in [1.29, 1.82) is 0 Å². The highest BCUT2D eigenvalue weighted by Crippen LogP contribution is 2.41. The molecule has 0 saturated carbocycles. The number of rotatable bonds is 5. The number of para-hydroxylation sites is 1. The first-order chi connectivity index (χ1) is 11.1. The smallest absolute Gasteiger partial charge is 0.302 e. The van der Waals surface area contributed by atoms with Gasteiger partial charge >= 0.3 is 5.97 Å². The Morgan fingerprint density at radius 3 is 1.83 bits per heavy atom. The van der Waals surface area contributed by atoms with Crippen molar-refractivity contribution in [3.8, 4) is 5.75 Å². The molecule has 0 heterocycles. The number of phenolic OH excluding ortho intramolecular Hbond substituents is 1. The van der Waals surface area contributed by atoms with Crippen molar-refractivity contribution in [2.45, 2.75) is 74.7 Å². The van der Waals surface area contributed by atoms with E-state index in [-0.39, 0.29) is 5.97 Å². The zero-order chi connectivity index (χ0) is 19.2. The Kier molecular flexibility index (Phi) is 13.3. The first-order valence-corrected chi connectivity index (χ1v) is 8.93. The summed E-state index contributed by atoms with van der Waals surface area (Å²) in [5.74, 6) is 0.146. The van der Waals surface area contributed by atoms with Gasteiger partial charge in [-0.2, -0.15) is 0 Å². The fourth-order valence-electron chi connectivity index (χ4n) is 1.69. The molecular formula is C21H38O3. The molecule has 0 aliphatic carbocycles. The van der Waals surface area contributed by atoms with Gasteiger partial charge in [-0.1, -0.05) is 66.7 Å². The van der Waals surface area contributed by atoms with E-state index < -0.39 is 0 Å². The maximum Gasteiger partial charge on any atom is 0.302 e. The summed E-state index contributed by atoms with van der Waals surface area (Å²) >= 11 is 0. The van der Waals surface area contributed by atoms with E-state index >= 15 is 0 Å². The van der Waals surface area contributed by atoms with Crippen LogP contribution in [0.4, 0.5) is 0 Å². The summed E-state index contributed by atoms with van der Waals surface area (Å²) in [6.45, 7) is 17.5. The Hall–Kier alpha value is -1.51. The fraction of sp³-hybridized carbons (Fsp3) is 0.667. The van der Waals surface area contributed by atoms with Crippen LogP contribution < -0.4 is 0 Å². The number of aromatic hydroxyl groups is 1. The van der Waals surface area contributed by atoms with Crippen LogP contribution in [0, 0.1) is 10.8 Å². The highest BCUT2D eigenvalue weighted by molar-refractivity contribution is 5.65. The Morgan fingerprint density at radius 1 is 1.00 bits per heavy atom. The normalized spacial score (nSPS) is 10.7. The molecule has 1 N–H and O–H groups in total. The first-order valence-electron chi connectivity index (χ1n) is 8.93. The molecule has 0 saturated heterocycles. The van der Waals surface area contributed by atoms with Gasteiger partial charge in [-0.3, -0.25) is 4.79 Å². The summed E-state index contributed by atoms with van der Waals surface area (Å²) in [4.78, 5) is 10.5. The zero-order valence-corrected chi connectivity index (χ0v) is 17.0. The molecule has 1 rings (SSSR count). The molecule has 0 fully saturated rings. The van der Waals surface area contributed by atoms with Gasteiger partial charge in [0.1, 0.15) is 5.75 Å². The molecule has 0 aromatic heterocycles. The third-order valence-electron chi connectivity index (χ3n) is 4.29. The van der Waals surface area contributed by atoms with Crippen LogP contribution in [0.2, 0.25) is 0 Å². The highest BCUT2D eigenvalue weighted by atomic mass is 16.5. The number of unbranched alkanes of at least 4 members (excludes halogenated alkanes) is 1. The second kappa shape index (κ2) is 12.9. The summed E-state index contributed by atoms with van der Waals surface area (Å²) in [5.41, 5.74) is 0.664. The lowest BCUT2D eigenvalue weighted by molar-refractivity contribution is -0.141. The van der Waals surface area contributed by atoms with E-state index in [1.807, 2.05) is 19.9 Å². The van der Waals surface area contributed by atoms with Crippen LogP contribution in [-0.4, -0.2) is 17.7 Å². The minimum Gasteiger partial charge on any atom is -0.508 e. The first kappa shape index (κ1) is 24.7. The minimum absolute atomic E-state index is 0.176. The average Bonchev–Trinajstić information content (AvgIpc) is 2.49. The second-order valence-corrected chi connectivity index (χ2v) is 7.27. The lowest BCUT2D eigenvalue weighted by Crippen LogP contribution is -2.29. The SMILES string of the molecule is CC.CC(=O)OCCCCC(C)(C)C(C)(C)C.Oc1ccccc1. The molecule has 0 unspecified atom stereocenters. The number of hydrogen-bond donors (Lipinski definition) is 1. The molecule has 0 aliphatic heterocycles. The third kappa shape index (κ3) is 13.0. The molecule has 24 heavy (non-hydrogen) atoms. The molecular weight excluding hydrogens is 300 g/mol. The van der Waals surface area contributed by atoms with E-state index in [0.717, 1.165) is 12.8 Å². The van der Waals surface area contributed by atoms with Gasteiger partial charge in [0.25, 0.3) is 0 Å². The van der Waals surface area contributed by atoms with Crippen molar-refractivity contribution < 1.29 is 14.6 Å². The highest BCUT2D eigenvalue weighted by Gasteiger charge is 2.31. The Labute approximate surface area is 149 Å². The quantitative estimate of drug-likeness (QED) is 0.513. The van der Waals surface area contributed by atoms with Crippen molar-refractivity contribution in [3.63, 3.8) is 0 Å². The number of carbonyl (C=O) groups excluding carboxylic acids is 1. The number of phenols is 1. The summed E-state index contributed by atoms with van der Waals surface area (Å²) in [5, 5.41) is 8.63. The zero-order valence-electron chi connectivity index (χ0n) is 17.0. The van der Waals surface area contributed by atoms with Crippen molar-refractivity contribution in [1.82, 2.24) is 0 Å². The van der Waals surface area contributed by atoms with Gasteiger partial charge < -0.3 is 9.84 Å². The average molecular weight is 339 g/mol. The van der Waals surface area contributed by atoms with E-state index in [9.17, 15) is 4.79 Å². The third-order valence-corrected chi connectivity index (χ3v) is 4.29. The molecule has 0 spiro atoms. The predicted molar refractivity (Wildman–Crippen MR) is 103 cm³/mol. The molecule has 3 nitrogen and oxygen atoms in total. The lowest BCUT2D eigenvalue weighted by atomic mass is 9.67. The van der Waals surface area contributed by atoms with Gasteiger partial charge in [0.05, 0.1) is 6.61 Å². The van der Waals surface area contributed by atoms with Gasteiger partial charge in [0.2, 0.25) is 0 Å². The summed E-state index contributed by atoms with van der Waals surface area (Å²) < 4.78 is 4.90. The second-order valence-electron chi connectivity index (χ2n) is 7.27. The molecule has 140 valence electrons.